The number of ether oxygens (including phenoxy) is 2. The van der Waals surface area contributed by atoms with Crippen LogP contribution in [0.1, 0.15) is 11.1 Å². The number of hydrogen-bond acceptors (Lipinski definition) is 3. The summed E-state index contributed by atoms with van der Waals surface area (Å²) in [7, 11) is 0. The number of rotatable bonds is 3. The largest absolute Gasteiger partial charge is 0.526 e. The molecule has 4 nitrogen and oxygen atoms in total. The minimum absolute atomic E-state index is 0.0624. The van der Waals surface area contributed by atoms with Gasteiger partial charge in [-0.2, -0.15) is 13.2 Å². The van der Waals surface area contributed by atoms with E-state index in [-0.39, 0.29) is 11.1 Å². The number of benzene rings is 1. The second-order valence-electron chi connectivity index (χ2n) is 4.60. The Bertz CT molecular complexity index is 719. The molecule has 1 N–H and O–H groups in total. The van der Waals surface area contributed by atoms with Crippen molar-refractivity contribution in [1.29, 1.82) is 0 Å². The number of fused-ring (bicyclic) bond motifs is 1. The summed E-state index contributed by atoms with van der Waals surface area (Å²) >= 11 is 0. The van der Waals surface area contributed by atoms with Crippen molar-refractivity contribution in [3.63, 3.8) is 0 Å². The molecular weight excluding hydrogens is 346 g/mol. The Morgan fingerprint density at radius 1 is 1.25 bits per heavy atom. The third-order valence-corrected chi connectivity index (χ3v) is 3.06. The predicted octanol–water partition coefficient (Wildman–Crippen LogP) is 3.99. The van der Waals surface area contributed by atoms with Gasteiger partial charge in [-0.25, -0.2) is 9.53 Å². The van der Waals surface area contributed by atoms with Crippen LogP contribution in [0.4, 0.5) is 26.3 Å². The van der Waals surface area contributed by atoms with E-state index in [1.807, 2.05) is 0 Å². The SMILES string of the molecule is C=Cc1cccc2c1OC(OC(F)(F)F)(C(F)(F)F)C(C(=O)O)=C2. The average Bonchev–Trinajstić information content (AvgIpc) is 2.42. The summed E-state index contributed by atoms with van der Waals surface area (Å²) < 4.78 is 85.5. The van der Waals surface area contributed by atoms with Gasteiger partial charge < -0.3 is 9.84 Å². The van der Waals surface area contributed by atoms with E-state index in [4.69, 9.17) is 5.11 Å². The molecule has 130 valence electrons. The number of carboxylic acid groups (broad SMARTS) is 1. The van der Waals surface area contributed by atoms with Crippen LogP contribution in [0.3, 0.4) is 0 Å². The molecule has 0 saturated heterocycles. The molecule has 1 aromatic carbocycles. The van der Waals surface area contributed by atoms with E-state index < -0.39 is 35.6 Å². The lowest BCUT2D eigenvalue weighted by atomic mass is 9.96. The van der Waals surface area contributed by atoms with Crippen molar-refractivity contribution in [3.8, 4) is 5.75 Å². The lowest BCUT2D eigenvalue weighted by molar-refractivity contribution is -0.446. The first-order chi connectivity index (χ1) is 10.9. The number of aliphatic carboxylic acids is 1. The average molecular weight is 354 g/mol. The number of halogens is 6. The second kappa shape index (κ2) is 5.55. The first-order valence-corrected chi connectivity index (χ1v) is 6.15. The number of carbonyl (C=O) groups is 1. The zero-order valence-electron chi connectivity index (χ0n) is 11.5. The number of alkyl halides is 6. The topological polar surface area (TPSA) is 55.8 Å². The Balaban J connectivity index is 2.79. The van der Waals surface area contributed by atoms with Crippen LogP contribution in [0, 0.1) is 0 Å². The van der Waals surface area contributed by atoms with Gasteiger partial charge in [-0.3, -0.25) is 0 Å². The molecule has 24 heavy (non-hydrogen) atoms. The van der Waals surface area contributed by atoms with E-state index in [1.165, 1.54) is 18.2 Å². The number of hydrogen-bond donors (Lipinski definition) is 1. The van der Waals surface area contributed by atoms with E-state index in [9.17, 15) is 31.1 Å². The number of carboxylic acids is 1. The highest BCUT2D eigenvalue weighted by Gasteiger charge is 2.69. The highest BCUT2D eigenvalue weighted by Crippen LogP contribution is 2.49. The van der Waals surface area contributed by atoms with Crippen molar-refractivity contribution in [2.45, 2.75) is 18.3 Å². The van der Waals surface area contributed by atoms with Gasteiger partial charge in [0.1, 0.15) is 11.3 Å². The van der Waals surface area contributed by atoms with Crippen molar-refractivity contribution in [2.75, 3.05) is 0 Å². The molecule has 1 heterocycles. The van der Waals surface area contributed by atoms with Crippen molar-refractivity contribution in [1.82, 2.24) is 0 Å². The van der Waals surface area contributed by atoms with Crippen LogP contribution in [0.2, 0.25) is 0 Å². The van der Waals surface area contributed by atoms with Gasteiger partial charge in [-0.15, -0.1) is 13.2 Å². The third kappa shape index (κ3) is 2.96. The Morgan fingerprint density at radius 3 is 2.33 bits per heavy atom. The highest BCUT2D eigenvalue weighted by molar-refractivity contribution is 5.96. The smallest absolute Gasteiger partial charge is 0.478 e. The molecule has 1 aliphatic heterocycles. The molecule has 0 amide bonds. The molecule has 1 atom stereocenters. The summed E-state index contributed by atoms with van der Waals surface area (Å²) in [5.41, 5.74) is -1.97. The molecule has 10 heteroatoms. The maximum absolute atomic E-state index is 13.4. The maximum atomic E-state index is 13.4. The minimum atomic E-state index is -5.83. The lowest BCUT2D eigenvalue weighted by Gasteiger charge is -2.39. The summed E-state index contributed by atoms with van der Waals surface area (Å²) in [5, 5.41) is 8.97. The van der Waals surface area contributed by atoms with E-state index in [1.54, 1.807) is 0 Å². The van der Waals surface area contributed by atoms with Gasteiger partial charge in [-0.1, -0.05) is 30.9 Å². The van der Waals surface area contributed by atoms with E-state index in [2.05, 4.69) is 16.1 Å². The van der Waals surface area contributed by atoms with Crippen molar-refractivity contribution in [3.05, 3.63) is 41.5 Å². The van der Waals surface area contributed by atoms with Gasteiger partial charge >= 0.3 is 24.3 Å². The summed E-state index contributed by atoms with van der Waals surface area (Å²) in [6, 6.07) is 3.76. The zero-order chi connectivity index (χ0) is 18.3. The van der Waals surface area contributed by atoms with Crippen molar-refractivity contribution < 1.29 is 45.7 Å². The molecule has 1 aromatic rings. The predicted molar refractivity (Wildman–Crippen MR) is 68.7 cm³/mol. The van der Waals surface area contributed by atoms with Crippen LogP contribution in [0.15, 0.2) is 30.4 Å². The Hall–Kier alpha value is -2.49. The van der Waals surface area contributed by atoms with E-state index in [0.717, 1.165) is 6.08 Å². The minimum Gasteiger partial charge on any atom is -0.478 e. The molecule has 0 bridgehead atoms. The van der Waals surface area contributed by atoms with Gasteiger partial charge in [0.05, 0.1) is 0 Å². The second-order valence-corrected chi connectivity index (χ2v) is 4.60. The molecule has 0 fully saturated rings. The fourth-order valence-corrected chi connectivity index (χ4v) is 2.12. The maximum Gasteiger partial charge on any atom is 0.526 e. The highest BCUT2D eigenvalue weighted by atomic mass is 19.4. The molecule has 1 aliphatic rings. The van der Waals surface area contributed by atoms with Crippen LogP contribution in [0.25, 0.3) is 12.2 Å². The Morgan fingerprint density at radius 2 is 1.88 bits per heavy atom. The van der Waals surface area contributed by atoms with Crippen LogP contribution < -0.4 is 4.74 Å². The quantitative estimate of drug-likeness (QED) is 0.834. The fraction of sp³-hybridized carbons (Fsp3) is 0.214. The molecule has 2 rings (SSSR count). The molecule has 0 radical (unpaired) electrons. The monoisotopic (exact) mass is 354 g/mol. The van der Waals surface area contributed by atoms with Gasteiger partial charge in [0, 0.05) is 11.1 Å². The Labute approximate surface area is 130 Å². The summed E-state index contributed by atoms with van der Waals surface area (Å²) in [5.74, 6) is -7.44. The normalized spacial score (nSPS) is 20.7. The van der Waals surface area contributed by atoms with Crippen LogP contribution in [-0.4, -0.2) is 29.4 Å². The first-order valence-electron chi connectivity index (χ1n) is 6.15. The van der Waals surface area contributed by atoms with Gasteiger partial charge in [-0.05, 0) is 6.08 Å². The van der Waals surface area contributed by atoms with E-state index >= 15 is 0 Å². The molecule has 0 saturated carbocycles. The van der Waals surface area contributed by atoms with Crippen molar-refractivity contribution in [2.24, 2.45) is 0 Å². The summed E-state index contributed by atoms with van der Waals surface area (Å²) in [6.45, 7) is 3.32. The standard InChI is InChI=1S/C14H8F6O4/c1-2-7-4-3-5-8-6-9(11(21)22)12(13(15,16)17,23-10(7)8)24-14(18,19)20/h2-6H,1H2,(H,21,22). The van der Waals surface area contributed by atoms with E-state index in [0.29, 0.717) is 6.08 Å². The first kappa shape index (κ1) is 17.9. The van der Waals surface area contributed by atoms with Crippen LogP contribution in [0.5, 0.6) is 5.75 Å². The van der Waals surface area contributed by atoms with Crippen LogP contribution >= 0.6 is 0 Å². The molecule has 0 spiro atoms. The fourth-order valence-electron chi connectivity index (χ4n) is 2.12. The molecule has 0 aliphatic carbocycles. The summed E-state index contributed by atoms with van der Waals surface area (Å²) in [6.07, 6.45) is -10.2. The summed E-state index contributed by atoms with van der Waals surface area (Å²) in [4.78, 5) is 11.2. The van der Waals surface area contributed by atoms with Gasteiger partial charge in [0.15, 0.2) is 0 Å². The van der Waals surface area contributed by atoms with Crippen LogP contribution in [-0.2, 0) is 9.53 Å². The lowest BCUT2D eigenvalue weighted by Crippen LogP contribution is -2.59. The van der Waals surface area contributed by atoms with Gasteiger partial charge in [0.25, 0.3) is 0 Å². The molecule has 0 aromatic heterocycles. The molecular formula is C14H8F6O4. The van der Waals surface area contributed by atoms with Crippen molar-refractivity contribution >= 4 is 18.1 Å². The van der Waals surface area contributed by atoms with Gasteiger partial charge in [0.2, 0.25) is 0 Å². The molecule has 1 unspecified atom stereocenters. The third-order valence-electron chi connectivity index (χ3n) is 3.06. The Kier molecular flexibility index (Phi) is 4.13. The zero-order valence-corrected chi connectivity index (χ0v) is 11.5. The number of para-hydroxylation sites is 1.